The zero-order valence-electron chi connectivity index (χ0n) is 14.3. The lowest BCUT2D eigenvalue weighted by Crippen LogP contribution is -2.41. The fraction of sp³-hybridized carbons (Fsp3) is 0.263. The molecule has 0 aliphatic carbocycles. The van der Waals surface area contributed by atoms with E-state index in [4.69, 9.17) is 0 Å². The number of benzene rings is 1. The summed E-state index contributed by atoms with van der Waals surface area (Å²) < 4.78 is 0. The van der Waals surface area contributed by atoms with Gasteiger partial charge in [-0.05, 0) is 31.4 Å². The molecule has 1 fully saturated rings. The molecule has 1 aliphatic heterocycles. The molecule has 3 aromatic rings. The molecule has 7 heteroatoms. The van der Waals surface area contributed by atoms with Gasteiger partial charge in [0, 0.05) is 24.5 Å². The highest BCUT2D eigenvalue weighted by molar-refractivity contribution is 5.88. The third-order valence-corrected chi connectivity index (χ3v) is 4.57. The number of H-pyrrole nitrogens is 1. The van der Waals surface area contributed by atoms with Gasteiger partial charge in [0.15, 0.2) is 5.82 Å². The lowest BCUT2D eigenvalue weighted by Gasteiger charge is -2.34. The average Bonchev–Trinajstić information content (AvgIpc) is 3.24. The summed E-state index contributed by atoms with van der Waals surface area (Å²) in [5.74, 6) is 1.27. The van der Waals surface area contributed by atoms with Gasteiger partial charge < -0.3 is 9.88 Å². The van der Waals surface area contributed by atoms with Crippen LogP contribution in [-0.2, 0) is 0 Å². The topological polar surface area (TPSA) is 86.8 Å². The number of nitrogens with zero attached hydrogens (tertiary/aromatic N) is 4. The van der Waals surface area contributed by atoms with Crippen LogP contribution in [0.5, 0.6) is 0 Å². The van der Waals surface area contributed by atoms with Crippen molar-refractivity contribution in [2.24, 2.45) is 0 Å². The molecule has 1 unspecified atom stereocenters. The Labute approximate surface area is 151 Å². The predicted octanol–water partition coefficient (Wildman–Crippen LogP) is 3.63. The lowest BCUT2D eigenvalue weighted by atomic mass is 10.0. The van der Waals surface area contributed by atoms with E-state index in [2.05, 4.69) is 25.5 Å². The van der Waals surface area contributed by atoms with Gasteiger partial charge in [-0.25, -0.2) is 9.78 Å². The highest BCUT2D eigenvalue weighted by atomic mass is 16.2. The molecule has 3 heterocycles. The Morgan fingerprint density at radius 2 is 2.00 bits per heavy atom. The molecule has 7 nitrogen and oxygen atoms in total. The maximum Gasteiger partial charge on any atom is 0.323 e. The van der Waals surface area contributed by atoms with Crippen molar-refractivity contribution in [2.75, 3.05) is 11.9 Å². The zero-order chi connectivity index (χ0) is 17.8. The van der Waals surface area contributed by atoms with Crippen molar-refractivity contribution in [1.29, 1.82) is 0 Å². The SMILES string of the molecule is O=C(Nc1ccc(-c2ccccc2)nn1)N1CCCCC1c1ncc[nH]1. The zero-order valence-corrected chi connectivity index (χ0v) is 14.3. The Kier molecular flexibility index (Phi) is 4.59. The number of hydrogen-bond donors (Lipinski definition) is 2. The number of rotatable bonds is 3. The largest absolute Gasteiger partial charge is 0.347 e. The molecule has 1 aromatic carbocycles. The Hall–Kier alpha value is -3.22. The van der Waals surface area contributed by atoms with E-state index in [0.717, 1.165) is 36.3 Å². The van der Waals surface area contributed by atoms with E-state index in [9.17, 15) is 4.79 Å². The lowest BCUT2D eigenvalue weighted by molar-refractivity contribution is 0.159. The van der Waals surface area contributed by atoms with Crippen molar-refractivity contribution in [3.8, 4) is 11.3 Å². The van der Waals surface area contributed by atoms with Crippen LogP contribution in [0, 0.1) is 0 Å². The fourth-order valence-electron chi connectivity index (χ4n) is 3.26. The summed E-state index contributed by atoms with van der Waals surface area (Å²) in [5.41, 5.74) is 1.77. The number of aromatic amines is 1. The van der Waals surface area contributed by atoms with Crippen molar-refractivity contribution in [3.05, 3.63) is 60.7 Å². The number of carbonyl (C=O) groups is 1. The van der Waals surface area contributed by atoms with Crippen molar-refractivity contribution in [3.63, 3.8) is 0 Å². The second-order valence-corrected chi connectivity index (χ2v) is 6.28. The van der Waals surface area contributed by atoms with Gasteiger partial charge in [0.25, 0.3) is 0 Å². The van der Waals surface area contributed by atoms with E-state index in [-0.39, 0.29) is 12.1 Å². The minimum atomic E-state index is -0.173. The van der Waals surface area contributed by atoms with Crippen LogP contribution in [0.25, 0.3) is 11.3 Å². The van der Waals surface area contributed by atoms with Crippen molar-refractivity contribution in [1.82, 2.24) is 25.1 Å². The summed E-state index contributed by atoms with van der Waals surface area (Å²) in [6, 6.07) is 13.3. The summed E-state index contributed by atoms with van der Waals surface area (Å²) in [5, 5.41) is 11.2. The van der Waals surface area contributed by atoms with E-state index in [1.807, 2.05) is 41.3 Å². The number of hydrogen-bond acceptors (Lipinski definition) is 4. The number of aromatic nitrogens is 4. The number of piperidine rings is 1. The molecule has 0 bridgehead atoms. The van der Waals surface area contributed by atoms with E-state index in [1.165, 1.54) is 0 Å². The van der Waals surface area contributed by atoms with Gasteiger partial charge in [-0.15, -0.1) is 10.2 Å². The van der Waals surface area contributed by atoms with E-state index in [1.54, 1.807) is 18.5 Å². The van der Waals surface area contributed by atoms with Crippen LogP contribution in [0.15, 0.2) is 54.9 Å². The van der Waals surface area contributed by atoms with Crippen LogP contribution < -0.4 is 5.32 Å². The van der Waals surface area contributed by atoms with Crippen molar-refractivity contribution >= 4 is 11.8 Å². The first-order chi connectivity index (χ1) is 12.8. The minimum Gasteiger partial charge on any atom is -0.347 e. The van der Waals surface area contributed by atoms with Gasteiger partial charge >= 0.3 is 6.03 Å². The summed E-state index contributed by atoms with van der Waals surface area (Å²) in [7, 11) is 0. The van der Waals surface area contributed by atoms with Crippen LogP contribution >= 0.6 is 0 Å². The Bertz CT molecular complexity index is 848. The molecule has 2 N–H and O–H groups in total. The standard InChI is InChI=1S/C19H20N6O/c26-19(25-13-5-4-8-16(25)18-20-11-12-21-18)22-17-10-9-15(23-24-17)14-6-2-1-3-7-14/h1-3,6-7,9-12,16H,4-5,8,13H2,(H,20,21)(H,22,24,26). The quantitative estimate of drug-likeness (QED) is 0.757. The van der Waals surface area contributed by atoms with Gasteiger partial charge in [-0.2, -0.15) is 0 Å². The Morgan fingerprint density at radius 3 is 2.73 bits per heavy atom. The maximum atomic E-state index is 12.7. The van der Waals surface area contributed by atoms with E-state index in [0.29, 0.717) is 12.4 Å². The number of likely N-dealkylation sites (tertiary alicyclic amines) is 1. The third kappa shape index (κ3) is 3.42. The van der Waals surface area contributed by atoms with Crippen LogP contribution in [0.4, 0.5) is 10.6 Å². The van der Waals surface area contributed by atoms with Gasteiger partial charge in [-0.3, -0.25) is 5.32 Å². The molecule has 0 saturated carbocycles. The molecule has 0 spiro atoms. The normalized spacial score (nSPS) is 17.1. The average molecular weight is 348 g/mol. The van der Waals surface area contributed by atoms with Gasteiger partial charge in [0.2, 0.25) is 0 Å². The smallest absolute Gasteiger partial charge is 0.323 e. The number of nitrogens with one attached hydrogen (secondary N) is 2. The Morgan fingerprint density at radius 1 is 1.12 bits per heavy atom. The molecule has 1 aliphatic rings. The second-order valence-electron chi connectivity index (χ2n) is 6.28. The summed E-state index contributed by atoms with van der Waals surface area (Å²) in [6.07, 6.45) is 6.48. The minimum absolute atomic E-state index is 0.0321. The summed E-state index contributed by atoms with van der Waals surface area (Å²) >= 11 is 0. The Balaban J connectivity index is 1.47. The molecular formula is C19H20N6O. The summed E-state index contributed by atoms with van der Waals surface area (Å²) in [4.78, 5) is 22.0. The van der Waals surface area contributed by atoms with Crippen LogP contribution in [0.3, 0.4) is 0 Å². The van der Waals surface area contributed by atoms with E-state index >= 15 is 0 Å². The van der Waals surface area contributed by atoms with Gasteiger partial charge in [0.05, 0.1) is 11.7 Å². The van der Waals surface area contributed by atoms with Crippen molar-refractivity contribution in [2.45, 2.75) is 25.3 Å². The number of amides is 2. The fourth-order valence-corrected chi connectivity index (χ4v) is 3.26. The molecule has 1 atom stereocenters. The van der Waals surface area contributed by atoms with E-state index < -0.39 is 0 Å². The molecule has 1 saturated heterocycles. The molecule has 2 amide bonds. The van der Waals surface area contributed by atoms with Crippen LogP contribution in [0.2, 0.25) is 0 Å². The number of imidazole rings is 1. The van der Waals surface area contributed by atoms with Crippen molar-refractivity contribution < 1.29 is 4.79 Å². The molecule has 4 rings (SSSR count). The molecule has 2 aromatic heterocycles. The van der Waals surface area contributed by atoms with Gasteiger partial charge in [-0.1, -0.05) is 30.3 Å². The third-order valence-electron chi connectivity index (χ3n) is 4.57. The van der Waals surface area contributed by atoms with Crippen LogP contribution in [-0.4, -0.2) is 37.6 Å². The number of urea groups is 1. The monoisotopic (exact) mass is 348 g/mol. The molecule has 132 valence electrons. The number of anilines is 1. The molecule has 0 radical (unpaired) electrons. The highest BCUT2D eigenvalue weighted by Gasteiger charge is 2.29. The second kappa shape index (κ2) is 7.35. The summed E-state index contributed by atoms with van der Waals surface area (Å²) in [6.45, 7) is 0.701. The first-order valence-electron chi connectivity index (χ1n) is 8.77. The highest BCUT2D eigenvalue weighted by Crippen LogP contribution is 2.29. The molecule has 26 heavy (non-hydrogen) atoms. The first-order valence-corrected chi connectivity index (χ1v) is 8.77. The molecular weight excluding hydrogens is 328 g/mol. The van der Waals surface area contributed by atoms with Gasteiger partial charge in [0.1, 0.15) is 5.82 Å². The van der Waals surface area contributed by atoms with Crippen LogP contribution in [0.1, 0.15) is 31.1 Å². The number of carbonyl (C=O) groups excluding carboxylic acids is 1. The maximum absolute atomic E-state index is 12.7. The predicted molar refractivity (Wildman–Crippen MR) is 98.4 cm³/mol. The first kappa shape index (κ1) is 16.3.